The van der Waals surface area contributed by atoms with Crippen LogP contribution in [0.5, 0.6) is 0 Å². The zero-order valence-corrected chi connectivity index (χ0v) is 61.8. The maximum absolute atomic E-state index is 14.0. The van der Waals surface area contributed by atoms with Crippen LogP contribution in [0.3, 0.4) is 0 Å². The summed E-state index contributed by atoms with van der Waals surface area (Å²) < 4.78 is 148. The largest absolute Gasteiger partial charge is 0.483 e. The minimum atomic E-state index is -5.44. The first-order valence-corrected chi connectivity index (χ1v) is 47.7. The second kappa shape index (κ2) is 37.9. The number of ether oxygens (including phenoxy) is 9. The molecule has 32 nitrogen and oxygen atoms in total. The molecule has 0 aromatic rings. The average molecular weight is 1500 g/mol. The van der Waals surface area contributed by atoms with Gasteiger partial charge in [0.25, 0.3) is 0 Å². The molecule has 0 amide bonds. The molecular weight excluding hydrogens is 1410 g/mol. The van der Waals surface area contributed by atoms with Gasteiger partial charge in [0, 0.05) is 109 Å². The zero-order valence-electron chi connectivity index (χ0n) is 52.8. The van der Waals surface area contributed by atoms with Gasteiger partial charge in [0.05, 0.1) is 59.5 Å². The maximum Gasteiger partial charge on any atom is 0.483 e. The van der Waals surface area contributed by atoms with Crippen molar-refractivity contribution in [1.29, 1.82) is 0 Å². The van der Waals surface area contributed by atoms with E-state index in [4.69, 9.17) is 96.1 Å². The molecule has 6 heterocycles. The molecule has 0 aliphatic carbocycles. The van der Waals surface area contributed by atoms with Crippen molar-refractivity contribution in [2.24, 2.45) is 0 Å². The van der Waals surface area contributed by atoms with Gasteiger partial charge in [0.2, 0.25) is 0 Å². The van der Waals surface area contributed by atoms with Crippen molar-refractivity contribution in [3.05, 3.63) is 114 Å². The minimum Gasteiger partial charge on any atom is -0.463 e. The summed E-state index contributed by atoms with van der Waals surface area (Å²) in [7, 11) is -47.6. The number of carbonyl (C=O) groups is 9. The molecule has 0 radical (unpaired) electrons. The Morgan fingerprint density at radius 3 is 0.463 bits per heavy atom. The lowest BCUT2D eigenvalue weighted by Gasteiger charge is -2.62. The normalized spacial score (nSPS) is 28.5. The highest BCUT2D eigenvalue weighted by atomic mass is 28.6. The molecule has 95 heavy (non-hydrogen) atoms. The summed E-state index contributed by atoms with van der Waals surface area (Å²) >= 11 is 0. The van der Waals surface area contributed by atoms with Gasteiger partial charge in [-0.25, -0.2) is 43.2 Å². The highest BCUT2D eigenvalue weighted by Crippen LogP contribution is 2.54. The summed E-state index contributed by atoms with van der Waals surface area (Å²) in [6.45, 7) is 28.1. The molecule has 6 rings (SSSR count). The highest BCUT2D eigenvalue weighted by molar-refractivity contribution is 7.02. The molecule has 0 spiro atoms. The van der Waals surface area contributed by atoms with Crippen molar-refractivity contribution in [1.82, 2.24) is 0 Å². The Kier molecular flexibility index (Phi) is 31.9. The van der Waals surface area contributed by atoms with Gasteiger partial charge < -0.3 is 101 Å². The highest BCUT2D eigenvalue weighted by Gasteiger charge is 2.82. The fourth-order valence-corrected chi connectivity index (χ4v) is 63.7. The number of fused-ring (bicyclic) bond motifs is 2. The average Bonchev–Trinajstić information content (AvgIpc) is 0.694. The first-order valence-electron chi connectivity index (χ1n) is 30.3. The Labute approximate surface area is 559 Å². The molecule has 6 aliphatic rings. The van der Waals surface area contributed by atoms with Crippen molar-refractivity contribution < 1.29 is 144 Å². The standard InChI is InChI=1S/C54H82O32Si9/c1-10-46(55)65-28-19-37-87(64)74-88(38-20-29-66-47(56)11-2)76-90(40-22-31-68-49(58)13-4)80-92(42-24-33-70-51(60)15-6)78-89(75-87,39-21-30-67-48(57)12-3)79-93(43-25-34-71-52(61)16-7)81-91(77-88,41-23-32-69-50(59)14-5)83-94(82-90,44-26-35-72-53(62)17-8)86-95(84-92,85-93)45-27-36-73-54(63)18-9/h10-18,64H,1-9,19-45H2. The van der Waals surface area contributed by atoms with E-state index in [0.29, 0.717) is 0 Å². The number of esters is 9. The lowest BCUT2D eigenvalue weighted by molar-refractivity contribution is -0.138. The van der Waals surface area contributed by atoms with Gasteiger partial charge in [-0.15, -0.1) is 0 Å². The smallest absolute Gasteiger partial charge is 0.463 e. The zero-order chi connectivity index (χ0) is 69.7. The van der Waals surface area contributed by atoms with E-state index in [9.17, 15) is 47.9 Å². The summed E-state index contributed by atoms with van der Waals surface area (Å²) in [5, 5.41) is 0. The van der Waals surface area contributed by atoms with Gasteiger partial charge in [-0.3, -0.25) is 0 Å². The summed E-state index contributed by atoms with van der Waals surface area (Å²) in [6.07, 6.45) is 6.52. The topological polar surface area (TPSA) is 377 Å². The van der Waals surface area contributed by atoms with Gasteiger partial charge in [-0.1, -0.05) is 59.2 Å². The maximum atomic E-state index is 14.0. The second-order valence-electron chi connectivity index (χ2n) is 20.8. The van der Waals surface area contributed by atoms with Crippen molar-refractivity contribution in [3.8, 4) is 0 Å². The molecule has 0 aromatic heterocycles. The fourth-order valence-electron chi connectivity index (χ4n) is 9.63. The lowest BCUT2D eigenvalue weighted by Crippen LogP contribution is -2.87. The van der Waals surface area contributed by atoms with Gasteiger partial charge in [0.15, 0.2) is 0 Å². The molecule has 6 saturated heterocycles. The third-order valence-corrected chi connectivity index (χ3v) is 54.5. The van der Waals surface area contributed by atoms with Crippen molar-refractivity contribution in [2.45, 2.75) is 112 Å². The van der Waals surface area contributed by atoms with Crippen LogP contribution in [0.15, 0.2) is 114 Å². The molecule has 526 valence electrons. The van der Waals surface area contributed by atoms with E-state index >= 15 is 0 Å². The summed E-state index contributed by atoms with van der Waals surface area (Å²) in [4.78, 5) is 129. The van der Waals surface area contributed by atoms with Crippen molar-refractivity contribution in [3.63, 3.8) is 0 Å². The first-order chi connectivity index (χ1) is 45.3. The Morgan fingerprint density at radius 1 is 0.221 bits per heavy atom. The fraction of sp³-hybridized carbons (Fsp3) is 0.500. The SMILES string of the molecule is C=CC(=O)OCCC[Si]1(O)O[Si]2(CCCOC(=O)C=C)O[Si]3(CCCOC(=O)C=C)O[Si]4(CCCOC(=O)C=C)O[Si](CCCOC(=O)C=C)(O1)O[Si]1(CCCOC(=O)C=C)O[Si](CCCOC(=O)C=C)(O2)O[Si](CCCOC(=O)C=C)(O3)O[Si](CCCOC(=O)C=C)(O4)O1. The van der Waals surface area contributed by atoms with Crippen molar-refractivity contribution >= 4 is 133 Å². The number of hydrogen-bond acceptors (Lipinski definition) is 32. The number of carbonyl (C=O) groups excluding carboxylic acids is 9. The van der Waals surface area contributed by atoms with E-state index < -0.39 is 195 Å². The molecule has 8 bridgehead atoms. The third-order valence-electron chi connectivity index (χ3n) is 13.4. The second-order valence-corrected chi connectivity index (χ2v) is 48.2. The first kappa shape index (κ1) is 80.0. The van der Waals surface area contributed by atoms with Crippen LogP contribution in [0.1, 0.15) is 57.8 Å². The summed E-state index contributed by atoms with van der Waals surface area (Å²) in [5.74, 6) is -7.46. The lowest BCUT2D eigenvalue weighted by atomic mass is 10.5. The molecule has 6 aliphatic heterocycles. The van der Waals surface area contributed by atoms with Crippen LogP contribution in [-0.2, 0) is 139 Å². The van der Waals surface area contributed by atoms with E-state index in [2.05, 4.69) is 59.2 Å². The van der Waals surface area contributed by atoms with E-state index in [1.807, 2.05) is 0 Å². The van der Waals surface area contributed by atoms with Gasteiger partial charge in [-0.2, -0.15) is 0 Å². The van der Waals surface area contributed by atoms with Crippen LogP contribution in [-0.4, -0.2) is 197 Å². The molecule has 41 heteroatoms. The van der Waals surface area contributed by atoms with Crippen LogP contribution in [0.25, 0.3) is 0 Å². The molecule has 0 aromatic carbocycles. The number of rotatable bonds is 45. The van der Waals surface area contributed by atoms with E-state index in [1.165, 1.54) is 0 Å². The predicted octanol–water partition coefficient (Wildman–Crippen LogP) is 4.79. The quantitative estimate of drug-likeness (QED) is 0.0281. The van der Waals surface area contributed by atoms with Crippen molar-refractivity contribution in [2.75, 3.05) is 59.5 Å². The molecular formula is C54H82O32Si9. The van der Waals surface area contributed by atoms with E-state index in [1.54, 1.807) is 0 Å². The Hall–Kier alpha value is -5.72. The molecule has 1 N–H and O–H groups in total. The molecule has 0 saturated carbocycles. The Morgan fingerprint density at radius 2 is 0.337 bits per heavy atom. The van der Waals surface area contributed by atoms with E-state index in [0.717, 1.165) is 54.7 Å². The Balaban J connectivity index is 2.08. The van der Waals surface area contributed by atoms with E-state index in [-0.39, 0.29) is 110 Å². The molecule has 4 atom stereocenters. The van der Waals surface area contributed by atoms with Crippen LogP contribution < -0.4 is 0 Å². The third kappa shape index (κ3) is 25.0. The van der Waals surface area contributed by atoms with Gasteiger partial charge in [-0.05, 0) is 57.8 Å². The molecule has 4 unspecified atom stereocenters. The summed E-state index contributed by atoms with van der Waals surface area (Å²) in [6, 6.07) is -3.99. The minimum absolute atomic E-state index is 0.158. The Bertz CT molecular complexity index is 2460. The van der Waals surface area contributed by atoms with Crippen LogP contribution in [0.2, 0.25) is 54.4 Å². The predicted molar refractivity (Wildman–Crippen MR) is 343 cm³/mol. The monoisotopic (exact) mass is 1490 g/mol. The van der Waals surface area contributed by atoms with Gasteiger partial charge in [0.1, 0.15) is 0 Å². The summed E-state index contributed by atoms with van der Waals surface area (Å²) in [5.41, 5.74) is 0. The van der Waals surface area contributed by atoms with Crippen LogP contribution in [0, 0.1) is 0 Å². The van der Waals surface area contributed by atoms with Crippen LogP contribution in [0.4, 0.5) is 0 Å². The number of hydrogen-bond donors (Lipinski definition) is 1. The molecule has 6 fully saturated rings. The van der Waals surface area contributed by atoms with Gasteiger partial charge >= 0.3 is 133 Å². The van der Waals surface area contributed by atoms with Crippen LogP contribution >= 0.6 is 0 Å².